The molecular formula is C28H36ClN3O6S. The summed E-state index contributed by atoms with van der Waals surface area (Å²) in [6.45, 7) is 5.81. The van der Waals surface area contributed by atoms with E-state index in [1.54, 1.807) is 7.11 Å². The lowest BCUT2D eigenvalue weighted by molar-refractivity contribution is -0.130. The minimum absolute atomic E-state index is 0.0585. The summed E-state index contributed by atoms with van der Waals surface area (Å²) in [4.78, 5) is 31.9. The Morgan fingerprint density at radius 3 is 2.54 bits per heavy atom. The molecule has 1 aromatic carbocycles. The molecule has 3 aliphatic rings. The number of pyridine rings is 1. The van der Waals surface area contributed by atoms with Gasteiger partial charge < -0.3 is 29.2 Å². The van der Waals surface area contributed by atoms with Crippen molar-refractivity contribution in [1.82, 2.24) is 15.2 Å². The van der Waals surface area contributed by atoms with E-state index in [4.69, 9.17) is 30.5 Å². The molecule has 0 unspecified atom stereocenters. The van der Waals surface area contributed by atoms with E-state index >= 15 is 0 Å². The lowest BCUT2D eigenvalue weighted by atomic mass is 9.80. The van der Waals surface area contributed by atoms with Gasteiger partial charge in [-0.15, -0.1) is 11.8 Å². The molecule has 1 atom stereocenters. The van der Waals surface area contributed by atoms with Gasteiger partial charge in [0.05, 0.1) is 23.8 Å². The van der Waals surface area contributed by atoms with Crippen LogP contribution in [-0.2, 0) is 11.3 Å². The quantitative estimate of drug-likeness (QED) is 0.446. The number of hydrogen-bond acceptors (Lipinski definition) is 8. The largest absolute Gasteiger partial charge is 0.492 e. The Hall–Kier alpha value is -2.40. The SMILES string of the molecule is COc1c(C(=O)NCc2c(SC)cc(C)[nH]c2=O)cc(Cl)c2c1O[C@](C)([C@H]1CC[C@@H](N3CC(OC)C3)CC1)O2. The summed E-state index contributed by atoms with van der Waals surface area (Å²) < 4.78 is 23.9. The summed E-state index contributed by atoms with van der Waals surface area (Å²) >= 11 is 8.08. The van der Waals surface area contributed by atoms with Gasteiger partial charge in [-0.2, -0.15) is 0 Å². The third-order valence-corrected chi connectivity index (χ3v) is 9.33. The average Bonchev–Trinajstić information content (AvgIpc) is 3.26. The van der Waals surface area contributed by atoms with Gasteiger partial charge >= 0.3 is 0 Å². The molecular weight excluding hydrogens is 542 g/mol. The summed E-state index contributed by atoms with van der Waals surface area (Å²) in [6.07, 6.45) is 6.29. The van der Waals surface area contributed by atoms with Crippen LogP contribution in [-0.4, -0.2) is 67.3 Å². The van der Waals surface area contributed by atoms with Crippen LogP contribution < -0.4 is 25.1 Å². The fraction of sp³-hybridized carbons (Fsp3) is 0.571. The number of carbonyl (C=O) groups is 1. The predicted octanol–water partition coefficient (Wildman–Crippen LogP) is 4.37. The zero-order valence-corrected chi connectivity index (χ0v) is 24.6. The molecule has 1 aliphatic carbocycles. The fourth-order valence-corrected chi connectivity index (χ4v) is 6.86. The molecule has 0 spiro atoms. The van der Waals surface area contributed by atoms with Crippen LogP contribution in [0.25, 0.3) is 0 Å². The van der Waals surface area contributed by atoms with Crippen LogP contribution in [0.4, 0.5) is 0 Å². The monoisotopic (exact) mass is 577 g/mol. The number of hydrogen-bond donors (Lipinski definition) is 2. The van der Waals surface area contributed by atoms with Gasteiger partial charge in [0.15, 0.2) is 11.5 Å². The van der Waals surface area contributed by atoms with Crippen LogP contribution in [0.1, 0.15) is 54.2 Å². The number of rotatable bonds is 8. The highest BCUT2D eigenvalue weighted by molar-refractivity contribution is 7.98. The Morgan fingerprint density at radius 1 is 1.21 bits per heavy atom. The summed E-state index contributed by atoms with van der Waals surface area (Å²) in [5.74, 6) is -0.185. The van der Waals surface area contributed by atoms with Crippen molar-refractivity contribution >= 4 is 29.3 Å². The Bertz CT molecular complexity index is 1310. The van der Waals surface area contributed by atoms with Crippen molar-refractivity contribution in [2.45, 2.75) is 68.9 Å². The van der Waals surface area contributed by atoms with E-state index in [0.717, 1.165) is 49.4 Å². The van der Waals surface area contributed by atoms with E-state index in [9.17, 15) is 9.59 Å². The van der Waals surface area contributed by atoms with Gasteiger partial charge in [-0.25, -0.2) is 0 Å². The molecule has 1 saturated carbocycles. The number of aryl methyl sites for hydroxylation is 1. The topological polar surface area (TPSA) is 102 Å². The number of likely N-dealkylation sites (tertiary alicyclic amines) is 1. The Kier molecular flexibility index (Phi) is 8.10. The van der Waals surface area contributed by atoms with Crippen molar-refractivity contribution in [2.24, 2.45) is 5.92 Å². The number of H-pyrrole nitrogens is 1. The number of thioether (sulfide) groups is 1. The highest BCUT2D eigenvalue weighted by Gasteiger charge is 2.49. The molecule has 2 N–H and O–H groups in total. The van der Waals surface area contributed by atoms with Gasteiger partial charge in [0.1, 0.15) is 0 Å². The van der Waals surface area contributed by atoms with Gasteiger partial charge in [0.25, 0.3) is 17.3 Å². The third-order valence-electron chi connectivity index (χ3n) is 8.24. The van der Waals surface area contributed by atoms with E-state index in [0.29, 0.717) is 29.2 Å². The first-order valence-electron chi connectivity index (χ1n) is 13.3. The van der Waals surface area contributed by atoms with Crippen LogP contribution in [0.2, 0.25) is 5.02 Å². The summed E-state index contributed by atoms with van der Waals surface area (Å²) in [5, 5.41) is 3.12. The second kappa shape index (κ2) is 11.2. The number of fused-ring (bicyclic) bond motifs is 1. The molecule has 212 valence electrons. The molecule has 11 heteroatoms. The number of nitrogens with zero attached hydrogens (tertiary/aromatic N) is 1. The average molecular weight is 578 g/mol. The Labute approximate surface area is 237 Å². The number of ether oxygens (including phenoxy) is 4. The number of amides is 1. The molecule has 1 aromatic heterocycles. The lowest BCUT2D eigenvalue weighted by Crippen LogP contribution is -2.57. The van der Waals surface area contributed by atoms with Gasteiger partial charge in [-0.3, -0.25) is 14.5 Å². The van der Waals surface area contributed by atoms with E-state index < -0.39 is 11.7 Å². The second-order valence-corrected chi connectivity index (χ2v) is 11.9. The highest BCUT2D eigenvalue weighted by Crippen LogP contribution is 2.54. The van der Waals surface area contributed by atoms with Crippen molar-refractivity contribution in [1.29, 1.82) is 0 Å². The van der Waals surface area contributed by atoms with Crippen LogP contribution in [0.15, 0.2) is 21.8 Å². The van der Waals surface area contributed by atoms with Gasteiger partial charge in [0, 0.05) is 61.8 Å². The second-order valence-electron chi connectivity index (χ2n) is 10.6. The van der Waals surface area contributed by atoms with E-state index in [-0.39, 0.29) is 34.4 Å². The van der Waals surface area contributed by atoms with Crippen LogP contribution >= 0.6 is 23.4 Å². The molecule has 39 heavy (non-hydrogen) atoms. The van der Waals surface area contributed by atoms with Crippen molar-refractivity contribution in [3.05, 3.63) is 44.3 Å². The first kappa shape index (κ1) is 28.1. The molecule has 0 radical (unpaired) electrons. The number of carbonyl (C=O) groups excluding carboxylic acids is 1. The van der Waals surface area contributed by atoms with E-state index in [2.05, 4.69) is 15.2 Å². The number of aromatic nitrogens is 1. The van der Waals surface area contributed by atoms with E-state index in [1.807, 2.05) is 26.2 Å². The van der Waals surface area contributed by atoms with Crippen LogP contribution in [0.5, 0.6) is 17.2 Å². The zero-order chi connectivity index (χ0) is 27.9. The molecule has 3 heterocycles. The molecule has 5 rings (SSSR count). The van der Waals surface area contributed by atoms with Crippen molar-refractivity contribution in [3.63, 3.8) is 0 Å². The maximum atomic E-state index is 13.3. The number of halogens is 1. The highest BCUT2D eigenvalue weighted by atomic mass is 35.5. The molecule has 2 fully saturated rings. The predicted molar refractivity (Wildman–Crippen MR) is 151 cm³/mol. The number of benzene rings is 1. The number of methoxy groups -OCH3 is 2. The minimum atomic E-state index is -0.911. The van der Waals surface area contributed by atoms with Gasteiger partial charge in [-0.1, -0.05) is 11.6 Å². The van der Waals surface area contributed by atoms with E-state index in [1.165, 1.54) is 24.9 Å². The van der Waals surface area contributed by atoms with Crippen molar-refractivity contribution in [3.8, 4) is 17.2 Å². The minimum Gasteiger partial charge on any atom is -0.492 e. The first-order valence-corrected chi connectivity index (χ1v) is 14.9. The van der Waals surface area contributed by atoms with Gasteiger partial charge in [0.2, 0.25) is 5.75 Å². The fourth-order valence-electron chi connectivity index (χ4n) is 5.93. The van der Waals surface area contributed by atoms with Crippen molar-refractivity contribution in [2.75, 3.05) is 33.6 Å². The van der Waals surface area contributed by atoms with Crippen LogP contribution in [0.3, 0.4) is 0 Å². The summed E-state index contributed by atoms with van der Waals surface area (Å²) in [6, 6.07) is 3.98. The molecule has 2 aliphatic heterocycles. The third kappa shape index (κ3) is 5.36. The molecule has 1 amide bonds. The lowest BCUT2D eigenvalue weighted by Gasteiger charge is -2.47. The zero-order valence-electron chi connectivity index (χ0n) is 23.0. The molecule has 2 aromatic rings. The normalized spacial score (nSPS) is 24.9. The molecule has 9 nitrogen and oxygen atoms in total. The maximum Gasteiger partial charge on any atom is 0.255 e. The van der Waals surface area contributed by atoms with Crippen LogP contribution in [0, 0.1) is 12.8 Å². The smallest absolute Gasteiger partial charge is 0.255 e. The first-order chi connectivity index (χ1) is 18.7. The Balaban J connectivity index is 1.30. The Morgan fingerprint density at radius 2 is 1.90 bits per heavy atom. The standard InChI is InChI=1S/C28H36ClN3O6S/c1-15-10-22(39-5)20(27(34)31-15)12-30-26(33)19-11-21(29)24-25(23(19)36-4)38-28(2,37-24)16-6-8-17(9-7-16)32-13-18(14-32)35-3/h10-11,16-18H,6-9,12-14H2,1-5H3,(H,30,33)(H,31,34)/t16-,17+,28-/m1/s1. The molecule has 0 bridgehead atoms. The van der Waals surface area contributed by atoms with Crippen molar-refractivity contribution < 1.29 is 23.7 Å². The molecule has 1 saturated heterocycles. The number of nitrogens with one attached hydrogen (secondary N) is 2. The summed E-state index contributed by atoms with van der Waals surface area (Å²) in [5.41, 5.74) is 1.25. The summed E-state index contributed by atoms with van der Waals surface area (Å²) in [7, 11) is 3.26. The maximum absolute atomic E-state index is 13.3. The van der Waals surface area contributed by atoms with Gasteiger partial charge in [-0.05, 0) is 51.0 Å². The number of aromatic amines is 1.